The van der Waals surface area contributed by atoms with E-state index in [1.54, 1.807) is 0 Å². The molecule has 0 heterocycles. The average Bonchev–Trinajstić information content (AvgIpc) is 2.68. The van der Waals surface area contributed by atoms with E-state index >= 15 is 0 Å². The lowest BCUT2D eigenvalue weighted by Crippen LogP contribution is -2.70. The Morgan fingerprint density at radius 1 is 1.20 bits per heavy atom. The van der Waals surface area contributed by atoms with E-state index in [-0.39, 0.29) is 30.1 Å². The predicted molar refractivity (Wildman–Crippen MR) is 91.5 cm³/mol. The zero-order valence-electron chi connectivity index (χ0n) is 15.1. The van der Waals surface area contributed by atoms with E-state index in [0.717, 1.165) is 19.3 Å². The van der Waals surface area contributed by atoms with Crippen LogP contribution in [0, 0.1) is 34.0 Å². The standard InChI is InChI=1S/C20H30O5/c1-10-11-7-12(22)15-19(3)6-4-5-18(2,9-21)13(19)8-14(23)20(15,16(10)24)17(11)25/h11,13-17,21,23-25H,1,4-9H2,2-3H3/t11-,13+,14+,15-,16+,17+,18+,19+,20+/m0/s1. The van der Waals surface area contributed by atoms with Gasteiger partial charge in [0.2, 0.25) is 0 Å². The van der Waals surface area contributed by atoms with E-state index in [9.17, 15) is 25.2 Å². The number of aliphatic hydroxyl groups is 4. The fourth-order valence-electron chi connectivity index (χ4n) is 7.47. The fraction of sp³-hybridized carbons (Fsp3) is 0.850. The minimum atomic E-state index is -1.24. The molecule has 25 heavy (non-hydrogen) atoms. The normalized spacial score (nSPS) is 58.0. The highest BCUT2D eigenvalue weighted by Crippen LogP contribution is 2.71. The van der Waals surface area contributed by atoms with Crippen molar-refractivity contribution in [3.8, 4) is 0 Å². The highest BCUT2D eigenvalue weighted by atomic mass is 16.3. The summed E-state index contributed by atoms with van der Waals surface area (Å²) in [5.41, 5.74) is -1.54. The van der Waals surface area contributed by atoms with Gasteiger partial charge in [-0.2, -0.15) is 0 Å². The lowest BCUT2D eigenvalue weighted by atomic mass is 9.39. The van der Waals surface area contributed by atoms with Gasteiger partial charge in [-0.3, -0.25) is 4.79 Å². The minimum absolute atomic E-state index is 0.0156. The van der Waals surface area contributed by atoms with Crippen molar-refractivity contribution in [1.82, 2.24) is 0 Å². The van der Waals surface area contributed by atoms with Gasteiger partial charge < -0.3 is 20.4 Å². The maximum atomic E-state index is 13.2. The van der Waals surface area contributed by atoms with Crippen molar-refractivity contribution in [3.63, 3.8) is 0 Å². The van der Waals surface area contributed by atoms with Crippen LogP contribution < -0.4 is 0 Å². The molecule has 140 valence electrons. The number of fused-ring (bicyclic) bond motifs is 3. The highest BCUT2D eigenvalue weighted by Gasteiger charge is 2.75. The molecule has 0 aromatic rings. The summed E-state index contributed by atoms with van der Waals surface area (Å²) in [6, 6.07) is 0. The SMILES string of the molecule is C=C1[C@@H](O)[C@@]23[C@H](O)C[C@@H]4[C@@](C)(CO)CCC[C@@]4(C)[C@@H]2C(=O)C[C@@H]1[C@H]3O. The van der Waals surface area contributed by atoms with Crippen molar-refractivity contribution in [3.05, 3.63) is 12.2 Å². The predicted octanol–water partition coefficient (Wildman–Crippen LogP) is 1.04. The number of hydrogen-bond donors (Lipinski definition) is 4. The van der Waals surface area contributed by atoms with Crippen molar-refractivity contribution in [1.29, 1.82) is 0 Å². The Labute approximate surface area is 148 Å². The Balaban J connectivity index is 1.91. The third-order valence-corrected chi connectivity index (χ3v) is 8.60. The number of ketones is 1. The molecular formula is C20H30O5. The summed E-state index contributed by atoms with van der Waals surface area (Å²) in [6.45, 7) is 8.07. The monoisotopic (exact) mass is 350 g/mol. The van der Waals surface area contributed by atoms with Gasteiger partial charge in [-0.15, -0.1) is 0 Å². The maximum absolute atomic E-state index is 13.2. The summed E-state index contributed by atoms with van der Waals surface area (Å²) in [5, 5.41) is 43.2. The topological polar surface area (TPSA) is 98.0 Å². The Bertz CT molecular complexity index is 632. The Morgan fingerprint density at radius 3 is 2.52 bits per heavy atom. The molecule has 4 aliphatic rings. The number of Topliss-reactive ketones (excluding diaryl/α,β-unsaturated/α-hetero) is 1. The molecule has 2 bridgehead atoms. The second kappa shape index (κ2) is 5.16. The van der Waals surface area contributed by atoms with E-state index in [4.69, 9.17) is 0 Å². The number of carbonyl (C=O) groups is 1. The van der Waals surface area contributed by atoms with Gasteiger partial charge in [0.1, 0.15) is 5.78 Å². The van der Waals surface area contributed by atoms with Crippen LogP contribution in [0.4, 0.5) is 0 Å². The molecule has 0 unspecified atom stereocenters. The lowest BCUT2D eigenvalue weighted by molar-refractivity contribution is -0.247. The van der Waals surface area contributed by atoms with Crippen LogP contribution in [0.5, 0.6) is 0 Å². The van der Waals surface area contributed by atoms with Gasteiger partial charge in [0.05, 0.1) is 23.7 Å². The quantitative estimate of drug-likeness (QED) is 0.530. The third-order valence-electron chi connectivity index (χ3n) is 8.60. The van der Waals surface area contributed by atoms with Gasteiger partial charge in [0.15, 0.2) is 0 Å². The van der Waals surface area contributed by atoms with Crippen molar-refractivity contribution >= 4 is 5.78 Å². The molecule has 4 saturated carbocycles. The number of hydrogen-bond acceptors (Lipinski definition) is 5. The summed E-state index contributed by atoms with van der Waals surface area (Å²) >= 11 is 0. The van der Waals surface area contributed by atoms with E-state index in [1.807, 2.05) is 6.92 Å². The summed E-state index contributed by atoms with van der Waals surface area (Å²) in [7, 11) is 0. The molecule has 0 aromatic heterocycles. The van der Waals surface area contributed by atoms with Crippen LogP contribution >= 0.6 is 0 Å². The second-order valence-corrected chi connectivity index (χ2v) is 9.61. The van der Waals surface area contributed by atoms with E-state index in [2.05, 4.69) is 13.5 Å². The van der Waals surface area contributed by atoms with Crippen LogP contribution in [0.15, 0.2) is 12.2 Å². The van der Waals surface area contributed by atoms with Crippen LogP contribution in [0.3, 0.4) is 0 Å². The molecule has 1 spiro atoms. The molecule has 4 N–H and O–H groups in total. The maximum Gasteiger partial charge on any atom is 0.138 e. The molecule has 5 nitrogen and oxygen atoms in total. The van der Waals surface area contributed by atoms with Crippen LogP contribution in [0.1, 0.15) is 46.0 Å². The highest BCUT2D eigenvalue weighted by molar-refractivity contribution is 5.86. The molecule has 0 aliphatic heterocycles. The Kier molecular flexibility index (Phi) is 3.64. The van der Waals surface area contributed by atoms with Crippen LogP contribution in [-0.4, -0.2) is 51.1 Å². The number of aliphatic hydroxyl groups excluding tert-OH is 4. The molecule has 5 heteroatoms. The van der Waals surface area contributed by atoms with Crippen LogP contribution in [0.2, 0.25) is 0 Å². The number of carbonyl (C=O) groups excluding carboxylic acids is 1. The van der Waals surface area contributed by atoms with Crippen LogP contribution in [-0.2, 0) is 4.79 Å². The molecule has 0 aromatic carbocycles. The Morgan fingerprint density at radius 2 is 1.88 bits per heavy atom. The molecule has 0 amide bonds. The zero-order valence-corrected chi connectivity index (χ0v) is 15.1. The fourth-order valence-corrected chi connectivity index (χ4v) is 7.47. The van der Waals surface area contributed by atoms with E-state index < -0.39 is 41.0 Å². The van der Waals surface area contributed by atoms with Gasteiger partial charge in [-0.1, -0.05) is 26.8 Å². The van der Waals surface area contributed by atoms with E-state index in [0.29, 0.717) is 12.0 Å². The van der Waals surface area contributed by atoms with Crippen molar-refractivity contribution in [2.45, 2.75) is 64.3 Å². The first kappa shape index (κ1) is 17.7. The molecule has 4 fully saturated rings. The van der Waals surface area contributed by atoms with Gasteiger partial charge in [0.25, 0.3) is 0 Å². The summed E-state index contributed by atoms with van der Waals surface area (Å²) in [5.74, 6) is -1.04. The molecule has 0 saturated heterocycles. The van der Waals surface area contributed by atoms with E-state index in [1.165, 1.54) is 0 Å². The van der Waals surface area contributed by atoms with Crippen molar-refractivity contribution in [2.24, 2.45) is 34.0 Å². The smallest absolute Gasteiger partial charge is 0.138 e. The molecule has 4 aliphatic carbocycles. The van der Waals surface area contributed by atoms with Gasteiger partial charge in [0, 0.05) is 24.9 Å². The van der Waals surface area contributed by atoms with Crippen molar-refractivity contribution < 1.29 is 25.2 Å². The summed E-state index contributed by atoms with van der Waals surface area (Å²) in [6.07, 6.45) is 0.193. The average molecular weight is 350 g/mol. The summed E-state index contributed by atoms with van der Waals surface area (Å²) < 4.78 is 0. The number of rotatable bonds is 1. The third kappa shape index (κ3) is 1.81. The van der Waals surface area contributed by atoms with Gasteiger partial charge in [-0.05, 0) is 41.6 Å². The lowest BCUT2D eigenvalue weighted by Gasteiger charge is -2.65. The van der Waals surface area contributed by atoms with Gasteiger partial charge >= 0.3 is 0 Å². The van der Waals surface area contributed by atoms with Crippen LogP contribution in [0.25, 0.3) is 0 Å². The molecule has 0 radical (unpaired) electrons. The van der Waals surface area contributed by atoms with Crippen molar-refractivity contribution in [2.75, 3.05) is 6.61 Å². The Hall–Kier alpha value is -0.750. The minimum Gasteiger partial charge on any atom is -0.396 e. The molecule has 9 atom stereocenters. The zero-order chi connectivity index (χ0) is 18.4. The first-order valence-electron chi connectivity index (χ1n) is 9.51. The largest absolute Gasteiger partial charge is 0.396 e. The summed E-state index contributed by atoms with van der Waals surface area (Å²) in [4.78, 5) is 13.2. The molecule has 4 rings (SSSR count). The van der Waals surface area contributed by atoms with Gasteiger partial charge in [-0.25, -0.2) is 0 Å². The first-order valence-corrected chi connectivity index (χ1v) is 9.51. The molecular weight excluding hydrogens is 320 g/mol. The first-order chi connectivity index (χ1) is 11.6. The second-order valence-electron chi connectivity index (χ2n) is 9.61.